The number of para-hydroxylation sites is 2. The van der Waals surface area contributed by atoms with Crippen LogP contribution in [0.4, 0.5) is 5.95 Å². The third-order valence-electron chi connectivity index (χ3n) is 4.04. The van der Waals surface area contributed by atoms with E-state index in [0.29, 0.717) is 17.6 Å². The molecule has 0 aliphatic carbocycles. The van der Waals surface area contributed by atoms with Crippen molar-refractivity contribution in [3.8, 4) is 5.75 Å². The van der Waals surface area contributed by atoms with Crippen molar-refractivity contribution in [2.24, 2.45) is 5.10 Å². The van der Waals surface area contributed by atoms with Gasteiger partial charge in [0.2, 0.25) is 5.95 Å². The molecule has 0 saturated heterocycles. The Kier molecular flexibility index (Phi) is 5.60. The van der Waals surface area contributed by atoms with Gasteiger partial charge in [-0.15, -0.1) is 0 Å². The molecule has 0 unspecified atom stereocenters. The number of rotatable bonds is 6. The van der Waals surface area contributed by atoms with Crippen LogP contribution in [0.5, 0.6) is 5.75 Å². The lowest BCUT2D eigenvalue weighted by Gasteiger charge is -2.09. The summed E-state index contributed by atoms with van der Waals surface area (Å²) in [5, 5.41) is 4.95. The summed E-state index contributed by atoms with van der Waals surface area (Å²) in [6.07, 6.45) is 1.72. The molecule has 4 rings (SSSR count). The molecular weight excluding hydrogens is 440 g/mol. The molecule has 0 amide bonds. The smallest absolute Gasteiger partial charge is 0.222 e. The van der Waals surface area contributed by atoms with Gasteiger partial charge in [-0.1, -0.05) is 35.9 Å². The van der Waals surface area contributed by atoms with Crippen LogP contribution < -0.4 is 10.2 Å². The van der Waals surface area contributed by atoms with Crippen molar-refractivity contribution in [3.05, 3.63) is 87.4 Å². The van der Waals surface area contributed by atoms with Gasteiger partial charge in [-0.3, -0.25) is 0 Å². The number of fused-ring (bicyclic) bond motifs is 1. The number of aromatic amines is 1. The van der Waals surface area contributed by atoms with E-state index in [-0.39, 0.29) is 0 Å². The van der Waals surface area contributed by atoms with Gasteiger partial charge in [-0.2, -0.15) is 5.10 Å². The predicted octanol–water partition coefficient (Wildman–Crippen LogP) is 6.00. The highest BCUT2D eigenvalue weighted by molar-refractivity contribution is 9.10. The fourth-order valence-electron chi connectivity index (χ4n) is 2.63. The first-order valence-electron chi connectivity index (χ1n) is 8.58. The molecule has 0 saturated carbocycles. The molecule has 3 aromatic carbocycles. The molecule has 0 radical (unpaired) electrons. The minimum atomic E-state index is 0.469. The summed E-state index contributed by atoms with van der Waals surface area (Å²) < 4.78 is 6.72. The number of hydrogen-bond acceptors (Lipinski definition) is 4. The Bertz CT molecular complexity index is 1090. The van der Waals surface area contributed by atoms with E-state index >= 15 is 0 Å². The van der Waals surface area contributed by atoms with Gasteiger partial charge in [0, 0.05) is 5.02 Å². The van der Waals surface area contributed by atoms with Crippen molar-refractivity contribution < 1.29 is 4.74 Å². The maximum atomic E-state index is 5.90. The topological polar surface area (TPSA) is 62.3 Å². The fraction of sp³-hybridized carbons (Fsp3) is 0.0476. The largest absolute Gasteiger partial charge is 0.488 e. The quantitative estimate of drug-likeness (QED) is 0.277. The highest BCUT2D eigenvalue weighted by Gasteiger charge is 2.04. The van der Waals surface area contributed by atoms with Crippen LogP contribution in [0.3, 0.4) is 0 Å². The molecule has 7 heteroatoms. The number of H-pyrrole nitrogens is 1. The van der Waals surface area contributed by atoms with Crippen LogP contribution in [-0.4, -0.2) is 16.2 Å². The lowest BCUT2D eigenvalue weighted by atomic mass is 10.2. The number of halogens is 2. The number of ether oxygens (including phenoxy) is 1. The summed E-state index contributed by atoms with van der Waals surface area (Å²) in [7, 11) is 0. The van der Waals surface area contributed by atoms with E-state index in [9.17, 15) is 0 Å². The van der Waals surface area contributed by atoms with Crippen LogP contribution in [0, 0.1) is 0 Å². The molecule has 0 bridgehead atoms. The summed E-state index contributed by atoms with van der Waals surface area (Å²) >= 11 is 9.45. The second kappa shape index (κ2) is 8.46. The summed E-state index contributed by atoms with van der Waals surface area (Å²) in [6, 6.07) is 21.2. The van der Waals surface area contributed by atoms with Gasteiger partial charge in [-0.05, 0) is 69.5 Å². The zero-order valence-electron chi connectivity index (χ0n) is 14.7. The standard InChI is InChI=1S/C21H16BrClN4O/c22-17-11-15(7-10-20(17)28-13-14-5-8-16(23)9-6-14)12-24-27-21-25-18-3-1-2-4-19(18)26-21/h1-12H,13H2,(H2,25,26,27)/b24-12+. The SMILES string of the molecule is Clc1ccc(COc2ccc(/C=N/Nc3nc4ccccc4[nH]3)cc2Br)cc1. The zero-order chi connectivity index (χ0) is 19.3. The molecule has 1 heterocycles. The lowest BCUT2D eigenvalue weighted by Crippen LogP contribution is -1.97. The molecule has 140 valence electrons. The van der Waals surface area contributed by atoms with E-state index in [1.54, 1.807) is 6.21 Å². The molecule has 0 aliphatic rings. The van der Waals surface area contributed by atoms with Crippen molar-refractivity contribution in [2.75, 3.05) is 5.43 Å². The van der Waals surface area contributed by atoms with Crippen LogP contribution >= 0.6 is 27.5 Å². The predicted molar refractivity (Wildman–Crippen MR) is 117 cm³/mol. The van der Waals surface area contributed by atoms with Gasteiger partial charge in [0.25, 0.3) is 0 Å². The minimum absolute atomic E-state index is 0.469. The average Bonchev–Trinajstić information content (AvgIpc) is 3.11. The second-order valence-electron chi connectivity index (χ2n) is 6.08. The zero-order valence-corrected chi connectivity index (χ0v) is 17.0. The van der Waals surface area contributed by atoms with Crippen molar-refractivity contribution in [3.63, 3.8) is 0 Å². The van der Waals surface area contributed by atoms with Crippen LogP contribution in [0.1, 0.15) is 11.1 Å². The number of hydrazone groups is 1. The molecule has 28 heavy (non-hydrogen) atoms. The summed E-state index contributed by atoms with van der Waals surface area (Å²) in [6.45, 7) is 0.469. The van der Waals surface area contributed by atoms with Crippen molar-refractivity contribution in [2.45, 2.75) is 6.61 Å². The van der Waals surface area contributed by atoms with E-state index in [4.69, 9.17) is 16.3 Å². The number of anilines is 1. The monoisotopic (exact) mass is 454 g/mol. The molecule has 0 fully saturated rings. The molecular formula is C21H16BrClN4O. The number of nitrogens with zero attached hydrogens (tertiary/aromatic N) is 2. The van der Waals surface area contributed by atoms with Gasteiger partial charge in [0.15, 0.2) is 0 Å². The Morgan fingerprint density at radius 1 is 1.11 bits per heavy atom. The van der Waals surface area contributed by atoms with Crippen LogP contribution in [0.15, 0.2) is 76.3 Å². The van der Waals surface area contributed by atoms with E-state index in [2.05, 4.69) is 36.4 Å². The summed E-state index contributed by atoms with van der Waals surface area (Å²) in [5.74, 6) is 1.36. The summed E-state index contributed by atoms with van der Waals surface area (Å²) in [5.41, 5.74) is 6.75. The van der Waals surface area contributed by atoms with Gasteiger partial charge in [0.05, 0.1) is 21.7 Å². The summed E-state index contributed by atoms with van der Waals surface area (Å²) in [4.78, 5) is 7.58. The molecule has 0 spiro atoms. The Hall–Kier alpha value is -2.83. The molecule has 0 aliphatic heterocycles. The number of imidazole rings is 1. The van der Waals surface area contributed by atoms with E-state index < -0.39 is 0 Å². The highest BCUT2D eigenvalue weighted by atomic mass is 79.9. The molecule has 1 aromatic heterocycles. The number of nitrogens with one attached hydrogen (secondary N) is 2. The molecule has 0 atom stereocenters. The average molecular weight is 456 g/mol. The molecule has 4 aromatic rings. The van der Waals surface area contributed by atoms with Crippen molar-refractivity contribution in [1.82, 2.24) is 9.97 Å². The van der Waals surface area contributed by atoms with Crippen molar-refractivity contribution >= 4 is 50.7 Å². The normalized spacial score (nSPS) is 11.2. The highest BCUT2D eigenvalue weighted by Crippen LogP contribution is 2.26. The van der Waals surface area contributed by atoms with Crippen LogP contribution in [0.2, 0.25) is 5.02 Å². The van der Waals surface area contributed by atoms with Gasteiger partial charge >= 0.3 is 0 Å². The van der Waals surface area contributed by atoms with Crippen molar-refractivity contribution in [1.29, 1.82) is 0 Å². The van der Waals surface area contributed by atoms with Gasteiger partial charge < -0.3 is 9.72 Å². The maximum absolute atomic E-state index is 5.90. The third-order valence-corrected chi connectivity index (χ3v) is 4.91. The number of hydrogen-bond donors (Lipinski definition) is 2. The lowest BCUT2D eigenvalue weighted by molar-refractivity contribution is 0.304. The second-order valence-corrected chi connectivity index (χ2v) is 7.37. The maximum Gasteiger partial charge on any atom is 0.222 e. The Morgan fingerprint density at radius 3 is 2.71 bits per heavy atom. The van der Waals surface area contributed by atoms with E-state index in [1.165, 1.54) is 0 Å². The van der Waals surface area contributed by atoms with E-state index in [1.807, 2.05) is 66.7 Å². The fourth-order valence-corrected chi connectivity index (χ4v) is 3.27. The first-order chi connectivity index (χ1) is 13.7. The van der Waals surface area contributed by atoms with Gasteiger partial charge in [-0.25, -0.2) is 10.4 Å². The third kappa shape index (κ3) is 4.52. The minimum Gasteiger partial charge on any atom is -0.488 e. The molecule has 2 N–H and O–H groups in total. The first-order valence-corrected chi connectivity index (χ1v) is 9.75. The van der Waals surface area contributed by atoms with Crippen LogP contribution in [0.25, 0.3) is 11.0 Å². The Morgan fingerprint density at radius 2 is 1.93 bits per heavy atom. The van der Waals surface area contributed by atoms with Gasteiger partial charge in [0.1, 0.15) is 12.4 Å². The number of aromatic nitrogens is 2. The Labute approximate surface area is 175 Å². The van der Waals surface area contributed by atoms with E-state index in [0.717, 1.165) is 32.4 Å². The Balaban J connectivity index is 1.38. The number of benzene rings is 3. The molecule has 5 nitrogen and oxygen atoms in total. The first kappa shape index (κ1) is 18.5. The van der Waals surface area contributed by atoms with Crippen LogP contribution in [-0.2, 0) is 6.61 Å².